The van der Waals surface area contributed by atoms with Crippen molar-refractivity contribution in [1.29, 1.82) is 0 Å². The number of carbonyl (C=O) groups excluding carboxylic acids is 2. The summed E-state index contributed by atoms with van der Waals surface area (Å²) in [6.45, 7) is 1.04. The van der Waals surface area contributed by atoms with Crippen LogP contribution in [0.4, 0.5) is 37.7 Å². The molecule has 51 heavy (non-hydrogen) atoms. The molecule has 0 unspecified atom stereocenters. The molecule has 2 amide bonds. The summed E-state index contributed by atoms with van der Waals surface area (Å²) in [5.41, 5.74) is 1.56. The summed E-state index contributed by atoms with van der Waals surface area (Å²) in [4.78, 5) is 32.6. The van der Waals surface area contributed by atoms with E-state index in [4.69, 9.17) is 9.47 Å². The second-order valence-corrected chi connectivity index (χ2v) is 14.4. The molecule has 1 saturated carbocycles. The van der Waals surface area contributed by atoms with Crippen LogP contribution in [-0.4, -0.2) is 50.8 Å². The first kappa shape index (κ1) is 35.9. The Kier molecular flexibility index (Phi) is 9.19. The van der Waals surface area contributed by atoms with Gasteiger partial charge in [-0.25, -0.2) is 12.7 Å². The minimum Gasteiger partial charge on any atom is -0.483 e. The zero-order chi connectivity index (χ0) is 37.0. The van der Waals surface area contributed by atoms with Crippen molar-refractivity contribution < 1.29 is 53.8 Å². The van der Waals surface area contributed by atoms with Gasteiger partial charge in [-0.1, -0.05) is 30.3 Å². The highest BCUT2D eigenvalue weighted by molar-refractivity contribution is 7.92. The standard InChI is InChI=1S/C35H31F6N3O6S/c1-19-6-4-7-20(2)29(19)44(32(45)23-10-11-23)51(47,48)16-22-9-12-26(21(3)14-22)43-15-25-27(33(43)46)30(49-17-34(36,37)38)24-8-5-13-42-28(24)31(25)50-18-35(39,40)41/h4-9,12-14,23H,10-11,15-18H2,1-3H3. The molecule has 0 saturated heterocycles. The molecule has 1 aliphatic heterocycles. The van der Waals surface area contributed by atoms with E-state index in [2.05, 4.69) is 4.98 Å². The molecular weight excluding hydrogens is 704 g/mol. The fraction of sp³-hybridized carbons (Fsp3) is 0.343. The van der Waals surface area contributed by atoms with Crippen molar-refractivity contribution in [2.75, 3.05) is 22.4 Å². The number of alkyl halides is 6. The minimum absolute atomic E-state index is 0.151. The van der Waals surface area contributed by atoms with E-state index in [-0.39, 0.29) is 33.4 Å². The topological polar surface area (TPSA) is 106 Å². The van der Waals surface area contributed by atoms with Crippen LogP contribution >= 0.6 is 0 Å². The van der Waals surface area contributed by atoms with E-state index in [1.54, 1.807) is 39.0 Å². The van der Waals surface area contributed by atoms with E-state index < -0.39 is 82.7 Å². The number of aromatic nitrogens is 1. The first-order valence-corrected chi connectivity index (χ1v) is 17.3. The number of benzene rings is 3. The lowest BCUT2D eigenvalue weighted by molar-refractivity contribution is -0.154. The fourth-order valence-corrected chi connectivity index (χ4v) is 7.96. The number of amides is 2. The predicted molar refractivity (Wildman–Crippen MR) is 175 cm³/mol. The van der Waals surface area contributed by atoms with Crippen molar-refractivity contribution in [1.82, 2.24) is 4.98 Å². The van der Waals surface area contributed by atoms with Crippen LogP contribution < -0.4 is 18.7 Å². The first-order valence-electron chi connectivity index (χ1n) is 15.7. The summed E-state index contributed by atoms with van der Waals surface area (Å²) in [6, 6.07) is 12.1. The van der Waals surface area contributed by atoms with Gasteiger partial charge in [-0.15, -0.1) is 0 Å². The third kappa shape index (κ3) is 7.32. The molecule has 3 aromatic carbocycles. The van der Waals surface area contributed by atoms with E-state index in [0.717, 1.165) is 9.21 Å². The summed E-state index contributed by atoms with van der Waals surface area (Å²) in [5, 5.41) is -0.153. The van der Waals surface area contributed by atoms with E-state index in [1.165, 1.54) is 36.5 Å². The third-order valence-corrected chi connectivity index (χ3v) is 10.2. The number of fused-ring (bicyclic) bond motifs is 2. The Balaban J connectivity index is 1.37. The van der Waals surface area contributed by atoms with Crippen LogP contribution in [0.1, 0.15) is 51.0 Å². The van der Waals surface area contributed by atoms with Gasteiger partial charge in [0.2, 0.25) is 15.9 Å². The summed E-state index contributed by atoms with van der Waals surface area (Å²) >= 11 is 0. The molecule has 0 N–H and O–H groups in total. The lowest BCUT2D eigenvalue weighted by atomic mass is 10.0. The van der Waals surface area contributed by atoms with Gasteiger partial charge in [-0.2, -0.15) is 26.3 Å². The summed E-state index contributed by atoms with van der Waals surface area (Å²) < 4.78 is 119. The predicted octanol–water partition coefficient (Wildman–Crippen LogP) is 7.48. The van der Waals surface area contributed by atoms with Gasteiger partial charge in [0, 0.05) is 28.8 Å². The molecule has 1 aromatic heterocycles. The van der Waals surface area contributed by atoms with Gasteiger partial charge >= 0.3 is 12.4 Å². The Hall–Kier alpha value is -4.86. The zero-order valence-corrected chi connectivity index (χ0v) is 28.3. The third-order valence-electron chi connectivity index (χ3n) is 8.55. The molecule has 0 spiro atoms. The van der Waals surface area contributed by atoms with Gasteiger partial charge in [-0.3, -0.25) is 14.6 Å². The van der Waals surface area contributed by atoms with Crippen molar-refractivity contribution in [3.63, 3.8) is 0 Å². The van der Waals surface area contributed by atoms with Crippen molar-refractivity contribution in [3.8, 4) is 11.5 Å². The quantitative estimate of drug-likeness (QED) is 0.156. The highest BCUT2D eigenvalue weighted by atomic mass is 32.2. The maximum absolute atomic E-state index is 14.0. The number of aryl methyl sites for hydroxylation is 3. The normalized spacial score (nSPS) is 14.9. The molecule has 2 aliphatic rings. The number of anilines is 2. The maximum atomic E-state index is 14.0. The Morgan fingerprint density at radius 3 is 2.12 bits per heavy atom. The Morgan fingerprint density at radius 2 is 1.53 bits per heavy atom. The number of carbonyl (C=O) groups is 2. The molecule has 2 heterocycles. The number of ether oxygens (including phenoxy) is 2. The molecule has 0 atom stereocenters. The number of hydrogen-bond acceptors (Lipinski definition) is 7. The van der Waals surface area contributed by atoms with Gasteiger partial charge in [0.05, 0.1) is 23.5 Å². The number of pyridine rings is 1. The summed E-state index contributed by atoms with van der Waals surface area (Å²) in [7, 11) is -4.27. The number of rotatable bonds is 10. The average molecular weight is 736 g/mol. The van der Waals surface area contributed by atoms with Crippen LogP contribution in [0, 0.1) is 26.7 Å². The average Bonchev–Trinajstić information content (AvgIpc) is 3.83. The monoisotopic (exact) mass is 735 g/mol. The molecule has 270 valence electrons. The van der Waals surface area contributed by atoms with E-state index in [9.17, 15) is 44.3 Å². The van der Waals surface area contributed by atoms with Crippen molar-refractivity contribution in [2.24, 2.45) is 5.92 Å². The molecule has 4 aromatic rings. The van der Waals surface area contributed by atoms with E-state index >= 15 is 0 Å². The zero-order valence-electron chi connectivity index (χ0n) is 27.5. The van der Waals surface area contributed by atoms with Crippen LogP contribution in [0.15, 0.2) is 54.7 Å². The lowest BCUT2D eigenvalue weighted by Crippen LogP contribution is -2.39. The van der Waals surface area contributed by atoms with E-state index in [0.29, 0.717) is 29.5 Å². The molecule has 0 radical (unpaired) electrons. The Labute approximate surface area is 288 Å². The largest absolute Gasteiger partial charge is 0.483 e. The van der Waals surface area contributed by atoms with Crippen LogP contribution in [0.25, 0.3) is 10.9 Å². The maximum Gasteiger partial charge on any atom is 0.422 e. The highest BCUT2D eigenvalue weighted by Gasteiger charge is 2.42. The molecule has 9 nitrogen and oxygen atoms in total. The number of nitrogens with zero attached hydrogens (tertiary/aromatic N) is 3. The molecule has 0 bridgehead atoms. The van der Waals surface area contributed by atoms with Crippen molar-refractivity contribution in [2.45, 2.75) is 58.3 Å². The molecule has 1 fully saturated rings. The summed E-state index contributed by atoms with van der Waals surface area (Å²) in [5.74, 6) is -3.31. The minimum atomic E-state index is -4.81. The molecular formula is C35H31F6N3O6S. The SMILES string of the molecule is Cc1cc(CS(=O)(=O)N(C(=O)C2CC2)c2c(C)cccc2C)ccc1N1Cc2c(c(OCC(F)(F)F)c3cccnc3c2OCC(F)(F)F)C1=O. The van der Waals surface area contributed by atoms with Gasteiger partial charge in [0.15, 0.2) is 19.0 Å². The van der Waals surface area contributed by atoms with Gasteiger partial charge in [0.25, 0.3) is 5.91 Å². The van der Waals surface area contributed by atoms with Gasteiger partial charge < -0.3 is 14.4 Å². The van der Waals surface area contributed by atoms with Gasteiger partial charge in [0.1, 0.15) is 11.3 Å². The number of hydrogen-bond donors (Lipinski definition) is 0. The fourth-order valence-electron chi connectivity index (χ4n) is 6.24. The number of sulfonamides is 1. The lowest BCUT2D eigenvalue weighted by Gasteiger charge is -2.26. The first-order chi connectivity index (χ1) is 23.9. The Morgan fingerprint density at radius 1 is 0.902 bits per heavy atom. The molecule has 16 heteroatoms. The van der Waals surface area contributed by atoms with Crippen LogP contribution in [0.5, 0.6) is 11.5 Å². The number of para-hydroxylation sites is 1. The Bertz CT molecular complexity index is 2150. The molecule has 6 rings (SSSR count). The van der Waals surface area contributed by atoms with Crippen LogP contribution in [-0.2, 0) is 27.1 Å². The van der Waals surface area contributed by atoms with Gasteiger partial charge in [-0.05, 0) is 74.1 Å². The second-order valence-electron chi connectivity index (χ2n) is 12.6. The van der Waals surface area contributed by atoms with Crippen LogP contribution in [0.3, 0.4) is 0 Å². The molecule has 1 aliphatic carbocycles. The highest BCUT2D eigenvalue weighted by Crippen LogP contribution is 2.47. The van der Waals surface area contributed by atoms with Crippen molar-refractivity contribution >= 4 is 44.1 Å². The van der Waals surface area contributed by atoms with Crippen molar-refractivity contribution in [3.05, 3.63) is 88.1 Å². The van der Waals surface area contributed by atoms with Crippen LogP contribution in [0.2, 0.25) is 0 Å². The summed E-state index contributed by atoms with van der Waals surface area (Å²) in [6.07, 6.45) is -7.22. The van der Waals surface area contributed by atoms with E-state index in [1.807, 2.05) is 0 Å². The number of halogens is 6. The smallest absolute Gasteiger partial charge is 0.422 e. The second kappa shape index (κ2) is 13.0.